The third kappa shape index (κ3) is 3.87. The fraction of sp³-hybridized carbons (Fsp3) is 0.600. The molecule has 2 aliphatic rings. The molecule has 0 atom stereocenters. The van der Waals surface area contributed by atoms with Gasteiger partial charge in [0.2, 0.25) is 0 Å². The topological polar surface area (TPSA) is 33.3 Å². The third-order valence-corrected chi connectivity index (χ3v) is 5.36. The van der Waals surface area contributed by atoms with Crippen molar-refractivity contribution in [2.45, 2.75) is 43.2 Å². The van der Waals surface area contributed by atoms with Crippen molar-refractivity contribution in [1.29, 1.82) is 0 Å². The zero-order chi connectivity index (χ0) is 14.7. The van der Waals surface area contributed by atoms with Gasteiger partial charge in [-0.25, -0.2) is 0 Å². The van der Waals surface area contributed by atoms with Crippen LogP contribution in [0, 0.1) is 5.41 Å². The maximum absolute atomic E-state index is 12.2. The van der Waals surface area contributed by atoms with Crippen LogP contribution in [0.25, 0.3) is 0 Å². The van der Waals surface area contributed by atoms with E-state index in [-0.39, 0.29) is 5.75 Å². The van der Waals surface area contributed by atoms with E-state index in [4.69, 9.17) is 0 Å². The van der Waals surface area contributed by atoms with Gasteiger partial charge < -0.3 is 10.1 Å². The average molecular weight is 314 g/mol. The quantitative estimate of drug-likeness (QED) is 0.816. The van der Waals surface area contributed by atoms with Crippen LogP contribution in [0.3, 0.4) is 0 Å². The van der Waals surface area contributed by atoms with Gasteiger partial charge in [-0.3, -0.25) is 4.72 Å². The molecule has 6 heteroatoms. The van der Waals surface area contributed by atoms with Gasteiger partial charge in [0.25, 0.3) is 0 Å². The van der Waals surface area contributed by atoms with Crippen LogP contribution >= 0.6 is 11.9 Å². The van der Waals surface area contributed by atoms with Crippen molar-refractivity contribution in [3.8, 4) is 5.75 Å². The summed E-state index contributed by atoms with van der Waals surface area (Å²) in [7, 11) is 0. The molecule has 116 valence electrons. The van der Waals surface area contributed by atoms with Crippen molar-refractivity contribution in [1.82, 2.24) is 10.0 Å². The SMILES string of the molecule is FC(F)Oc1cccc(SNC2CCC3(CC2)CNC3)c1. The minimum Gasteiger partial charge on any atom is -0.435 e. The lowest BCUT2D eigenvalue weighted by atomic mass is 9.69. The van der Waals surface area contributed by atoms with E-state index >= 15 is 0 Å². The van der Waals surface area contributed by atoms with Crippen molar-refractivity contribution in [2.24, 2.45) is 5.41 Å². The summed E-state index contributed by atoms with van der Waals surface area (Å²) in [6, 6.07) is 7.32. The van der Waals surface area contributed by atoms with Gasteiger partial charge in [-0.2, -0.15) is 8.78 Å². The molecule has 1 aliphatic carbocycles. The monoisotopic (exact) mass is 314 g/mol. The van der Waals surface area contributed by atoms with Gasteiger partial charge >= 0.3 is 6.61 Å². The first kappa shape index (κ1) is 15.1. The molecule has 2 fully saturated rings. The first-order chi connectivity index (χ1) is 10.2. The lowest BCUT2D eigenvalue weighted by Crippen LogP contribution is -2.56. The number of rotatable bonds is 5. The molecule has 3 nitrogen and oxygen atoms in total. The number of ether oxygens (including phenoxy) is 1. The van der Waals surface area contributed by atoms with E-state index < -0.39 is 6.61 Å². The Balaban J connectivity index is 1.47. The van der Waals surface area contributed by atoms with Crippen LogP contribution in [-0.4, -0.2) is 25.7 Å². The smallest absolute Gasteiger partial charge is 0.387 e. The van der Waals surface area contributed by atoms with E-state index in [1.54, 1.807) is 18.2 Å². The molecule has 0 unspecified atom stereocenters. The van der Waals surface area contributed by atoms with Crippen LogP contribution in [0.4, 0.5) is 8.78 Å². The Labute approximate surface area is 128 Å². The summed E-state index contributed by atoms with van der Waals surface area (Å²) in [5.74, 6) is 0.208. The van der Waals surface area contributed by atoms with Gasteiger partial charge in [0.15, 0.2) is 0 Å². The molecule has 1 heterocycles. The standard InChI is InChI=1S/C15H20F2N2OS/c16-14(17)20-12-2-1-3-13(8-12)21-19-11-4-6-15(7-5-11)9-18-10-15/h1-3,8,11,14,18-19H,4-7,9-10H2. The molecule has 21 heavy (non-hydrogen) atoms. The number of nitrogens with one attached hydrogen (secondary N) is 2. The second-order valence-corrected chi connectivity index (χ2v) is 6.86. The Morgan fingerprint density at radius 3 is 2.67 bits per heavy atom. The minimum absolute atomic E-state index is 0.208. The van der Waals surface area contributed by atoms with E-state index in [0.29, 0.717) is 11.5 Å². The lowest BCUT2D eigenvalue weighted by Gasteiger charge is -2.47. The highest BCUT2D eigenvalue weighted by Gasteiger charge is 2.39. The van der Waals surface area contributed by atoms with Gasteiger partial charge in [0.1, 0.15) is 5.75 Å². The summed E-state index contributed by atoms with van der Waals surface area (Å²) < 4.78 is 32.3. The molecule has 0 amide bonds. The molecule has 0 bridgehead atoms. The fourth-order valence-electron chi connectivity index (χ4n) is 3.05. The molecule has 2 N–H and O–H groups in total. The number of alkyl halides is 2. The van der Waals surface area contributed by atoms with Crippen molar-refractivity contribution < 1.29 is 13.5 Å². The molecule has 0 aromatic heterocycles. The average Bonchev–Trinajstić information content (AvgIpc) is 2.44. The van der Waals surface area contributed by atoms with Crippen molar-refractivity contribution in [2.75, 3.05) is 13.1 Å². The fourth-order valence-corrected chi connectivity index (χ4v) is 3.91. The zero-order valence-corrected chi connectivity index (χ0v) is 12.6. The summed E-state index contributed by atoms with van der Waals surface area (Å²) in [5.41, 5.74) is 0.563. The molecule has 1 spiro atoms. The van der Waals surface area contributed by atoms with E-state index in [1.165, 1.54) is 50.7 Å². The molecule has 0 radical (unpaired) electrons. The molecule has 1 aromatic rings. The molecular formula is C15H20F2N2OS. The highest BCUT2D eigenvalue weighted by atomic mass is 32.2. The maximum Gasteiger partial charge on any atom is 0.387 e. The summed E-state index contributed by atoms with van der Waals surface area (Å²) in [6.45, 7) is -0.441. The predicted molar refractivity (Wildman–Crippen MR) is 79.6 cm³/mol. The second kappa shape index (κ2) is 6.50. The zero-order valence-electron chi connectivity index (χ0n) is 11.8. The Bertz CT molecular complexity index is 472. The summed E-state index contributed by atoms with van der Waals surface area (Å²) in [6.07, 6.45) is 4.91. The van der Waals surface area contributed by atoms with Crippen molar-refractivity contribution >= 4 is 11.9 Å². The van der Waals surface area contributed by atoms with Gasteiger partial charge in [0.05, 0.1) is 0 Å². The van der Waals surface area contributed by atoms with Gasteiger partial charge in [-0.05, 0) is 61.2 Å². The van der Waals surface area contributed by atoms with Gasteiger partial charge in [-0.15, -0.1) is 0 Å². The Morgan fingerprint density at radius 1 is 1.29 bits per heavy atom. The molecule has 1 saturated carbocycles. The lowest BCUT2D eigenvalue weighted by molar-refractivity contribution is -0.0499. The van der Waals surface area contributed by atoms with Crippen LogP contribution < -0.4 is 14.8 Å². The molecule has 1 aromatic carbocycles. The number of benzene rings is 1. The van der Waals surface area contributed by atoms with Crippen LogP contribution in [0.2, 0.25) is 0 Å². The van der Waals surface area contributed by atoms with E-state index in [1.807, 2.05) is 6.07 Å². The first-order valence-corrected chi connectivity index (χ1v) is 8.15. The van der Waals surface area contributed by atoms with Crippen LogP contribution in [0.15, 0.2) is 29.2 Å². The second-order valence-electron chi connectivity index (χ2n) is 5.95. The summed E-state index contributed by atoms with van der Waals surface area (Å²) >= 11 is 1.50. The minimum atomic E-state index is -2.77. The van der Waals surface area contributed by atoms with E-state index in [0.717, 1.165) is 4.90 Å². The van der Waals surface area contributed by atoms with Gasteiger partial charge in [0, 0.05) is 24.0 Å². The highest BCUT2D eigenvalue weighted by molar-refractivity contribution is 7.97. The third-order valence-electron chi connectivity index (χ3n) is 4.42. The van der Waals surface area contributed by atoms with Crippen LogP contribution in [0.5, 0.6) is 5.75 Å². The van der Waals surface area contributed by atoms with E-state index in [2.05, 4.69) is 14.8 Å². The summed E-state index contributed by atoms with van der Waals surface area (Å²) in [4.78, 5) is 0.902. The van der Waals surface area contributed by atoms with Crippen LogP contribution in [-0.2, 0) is 0 Å². The Morgan fingerprint density at radius 2 is 2.05 bits per heavy atom. The number of halogens is 2. The Kier molecular flexibility index (Phi) is 4.66. The molecule has 3 rings (SSSR count). The Hall–Kier alpha value is -0.850. The van der Waals surface area contributed by atoms with Gasteiger partial charge in [-0.1, -0.05) is 6.07 Å². The number of hydrogen-bond donors (Lipinski definition) is 2. The highest BCUT2D eigenvalue weighted by Crippen LogP contribution is 2.40. The largest absolute Gasteiger partial charge is 0.435 e. The molecule has 1 saturated heterocycles. The van der Waals surface area contributed by atoms with Crippen molar-refractivity contribution in [3.63, 3.8) is 0 Å². The maximum atomic E-state index is 12.2. The van der Waals surface area contributed by atoms with Crippen LogP contribution in [0.1, 0.15) is 25.7 Å². The number of hydrogen-bond acceptors (Lipinski definition) is 4. The first-order valence-electron chi connectivity index (χ1n) is 7.33. The van der Waals surface area contributed by atoms with Crippen molar-refractivity contribution in [3.05, 3.63) is 24.3 Å². The molecule has 1 aliphatic heterocycles. The predicted octanol–water partition coefficient (Wildman–Crippen LogP) is 3.42. The van der Waals surface area contributed by atoms with E-state index in [9.17, 15) is 8.78 Å². The summed E-state index contributed by atoms with van der Waals surface area (Å²) in [5, 5.41) is 3.37. The molecular weight excluding hydrogens is 294 g/mol. The normalized spacial score (nSPS) is 21.5.